The van der Waals surface area contributed by atoms with Crippen molar-refractivity contribution in [2.75, 3.05) is 34.0 Å². The maximum Gasteiger partial charge on any atom is 0.423 e. The molecule has 0 N–H and O–H groups in total. The number of alkyl halides is 12. The Hall–Kier alpha value is -1.08. The lowest BCUT2D eigenvalue weighted by atomic mass is 10.3. The summed E-state index contributed by atoms with van der Waals surface area (Å²) in [6.07, 6.45) is -31.1. The van der Waals surface area contributed by atoms with E-state index in [9.17, 15) is 52.7 Å². The first-order valence-electron chi connectivity index (χ1n) is 6.78. The molecule has 0 aromatic heterocycles. The highest BCUT2D eigenvalue weighted by Gasteiger charge is 2.58. The summed E-state index contributed by atoms with van der Waals surface area (Å²) in [6.45, 7) is -5.59. The first-order chi connectivity index (χ1) is 13.0. The molecule has 6 nitrogen and oxygen atoms in total. The Morgan fingerprint density at radius 2 is 0.586 bits per heavy atom. The van der Waals surface area contributed by atoms with Crippen molar-refractivity contribution in [3.8, 4) is 0 Å². The molecule has 176 valence electrons. The summed E-state index contributed by atoms with van der Waals surface area (Å²) in [5.41, 5.74) is 0. The molecule has 0 bridgehead atoms. The van der Waals surface area contributed by atoms with Crippen LogP contribution in [0.3, 0.4) is 0 Å². The fraction of sp³-hybridized carbons (Fsp3) is 1.00. The van der Waals surface area contributed by atoms with E-state index in [1.807, 2.05) is 0 Å². The van der Waals surface area contributed by atoms with Gasteiger partial charge in [0.1, 0.15) is 0 Å². The Labute approximate surface area is 153 Å². The second-order valence-corrected chi connectivity index (χ2v) is 4.67. The molecule has 0 aromatic carbocycles. The van der Waals surface area contributed by atoms with Gasteiger partial charge in [-0.25, -0.2) is 0 Å². The molecule has 0 aromatic rings. The highest BCUT2D eigenvalue weighted by atomic mass is 19.4. The number of halogens is 12. The zero-order chi connectivity index (χ0) is 22.9. The van der Waals surface area contributed by atoms with Crippen LogP contribution in [0.2, 0.25) is 0 Å². The first kappa shape index (κ1) is 27.9. The summed E-state index contributed by atoms with van der Waals surface area (Å²) in [6, 6.07) is 0. The second kappa shape index (κ2) is 11.3. The van der Waals surface area contributed by atoms with E-state index in [4.69, 9.17) is 0 Å². The monoisotopic (exact) mass is 468 g/mol. The maximum atomic E-state index is 12.1. The normalized spacial score (nSPS) is 14.3. The summed E-state index contributed by atoms with van der Waals surface area (Å²) in [5.74, 6) is 0. The molecule has 0 rings (SSSR count). The molecule has 18 heteroatoms. The largest absolute Gasteiger partial charge is 0.423 e. The summed E-state index contributed by atoms with van der Waals surface area (Å²) < 4.78 is 169. The van der Waals surface area contributed by atoms with Crippen LogP contribution in [0.5, 0.6) is 0 Å². The Morgan fingerprint density at radius 3 is 0.793 bits per heavy atom. The zero-order valence-corrected chi connectivity index (χ0v) is 13.7. The van der Waals surface area contributed by atoms with Crippen LogP contribution in [0.25, 0.3) is 0 Å². The fourth-order valence-electron chi connectivity index (χ4n) is 1.29. The van der Waals surface area contributed by atoms with Gasteiger partial charge in [-0.05, 0) is 0 Å². The number of hydrogen-bond acceptors (Lipinski definition) is 6. The van der Waals surface area contributed by atoms with Gasteiger partial charge in [-0.2, -0.15) is 52.7 Å². The Balaban J connectivity index is 3.84. The second-order valence-electron chi connectivity index (χ2n) is 4.67. The van der Waals surface area contributed by atoms with E-state index in [0.29, 0.717) is 0 Å². The van der Waals surface area contributed by atoms with E-state index in [1.54, 1.807) is 0 Å². The highest BCUT2D eigenvalue weighted by Crippen LogP contribution is 2.36. The van der Waals surface area contributed by atoms with Crippen LogP contribution < -0.4 is 0 Å². The van der Waals surface area contributed by atoms with E-state index < -0.39 is 70.9 Å². The van der Waals surface area contributed by atoms with Crippen LogP contribution >= 0.6 is 0 Å². The third-order valence-corrected chi connectivity index (χ3v) is 2.33. The molecule has 0 aliphatic carbocycles. The van der Waals surface area contributed by atoms with Crippen molar-refractivity contribution >= 4 is 0 Å². The van der Waals surface area contributed by atoms with Crippen molar-refractivity contribution in [1.82, 2.24) is 0 Å². The Bertz CT molecular complexity index is 378. The van der Waals surface area contributed by atoms with Crippen molar-refractivity contribution < 1.29 is 81.1 Å². The van der Waals surface area contributed by atoms with E-state index in [0.717, 1.165) is 0 Å². The minimum Gasteiger partial charge on any atom is -0.334 e. The van der Waals surface area contributed by atoms with Crippen molar-refractivity contribution in [2.24, 2.45) is 0 Å². The number of rotatable bonds is 12. The topological polar surface area (TPSA) is 55.4 Å². The minimum atomic E-state index is -5.73. The van der Waals surface area contributed by atoms with Crippen molar-refractivity contribution in [1.29, 1.82) is 0 Å². The van der Waals surface area contributed by atoms with Gasteiger partial charge in [0.25, 0.3) is 12.2 Å². The van der Waals surface area contributed by atoms with Gasteiger partial charge in [0, 0.05) is 0 Å². The first-order valence-corrected chi connectivity index (χ1v) is 6.78. The molecular weight excluding hydrogens is 456 g/mol. The molecule has 0 unspecified atom stereocenters. The molecule has 0 spiro atoms. The lowest BCUT2D eigenvalue weighted by Gasteiger charge is -2.23. The van der Waals surface area contributed by atoms with Crippen molar-refractivity contribution in [3.63, 3.8) is 0 Å². The summed E-state index contributed by atoms with van der Waals surface area (Å²) in [7, 11) is 0. The number of ether oxygens (including phenoxy) is 6. The zero-order valence-electron chi connectivity index (χ0n) is 13.7. The standard InChI is InChI=1S/C11H12F12O6/c12-8(13,14)6(9(15,16)17)28-4-26-2-24-1-25-3-27-5-29-7(10(18,19)20)11(21,22)23/h6-7H,1-5H2. The third kappa shape index (κ3) is 12.3. The van der Waals surface area contributed by atoms with Crippen LogP contribution in [-0.4, -0.2) is 70.9 Å². The summed E-state index contributed by atoms with van der Waals surface area (Å²) >= 11 is 0. The fourth-order valence-corrected chi connectivity index (χ4v) is 1.29. The quantitative estimate of drug-likeness (QED) is 0.247. The van der Waals surface area contributed by atoms with Crippen LogP contribution in [-0.2, 0) is 28.4 Å². The molecule has 0 saturated carbocycles. The SMILES string of the molecule is FC(F)(F)C(OCOCOCOCOCOC(C(F)(F)F)C(F)(F)F)C(F)(F)F. The average Bonchev–Trinajstić information content (AvgIpc) is 2.46. The summed E-state index contributed by atoms with van der Waals surface area (Å²) in [5, 5.41) is 0. The van der Waals surface area contributed by atoms with E-state index in [1.165, 1.54) is 0 Å². The molecule has 29 heavy (non-hydrogen) atoms. The minimum absolute atomic E-state index is 0.802. The molecule has 0 heterocycles. The van der Waals surface area contributed by atoms with Crippen molar-refractivity contribution in [2.45, 2.75) is 36.9 Å². The predicted molar refractivity (Wildman–Crippen MR) is 62.6 cm³/mol. The van der Waals surface area contributed by atoms with Gasteiger partial charge in [-0.1, -0.05) is 0 Å². The van der Waals surface area contributed by atoms with Gasteiger partial charge in [0.15, 0.2) is 34.0 Å². The van der Waals surface area contributed by atoms with Gasteiger partial charge in [0.05, 0.1) is 0 Å². The molecule has 0 aliphatic heterocycles. The smallest absolute Gasteiger partial charge is 0.334 e. The lowest BCUT2D eigenvalue weighted by Crippen LogP contribution is -2.44. The van der Waals surface area contributed by atoms with E-state index in [-0.39, 0.29) is 0 Å². The maximum absolute atomic E-state index is 12.1. The summed E-state index contributed by atoms with van der Waals surface area (Å²) in [4.78, 5) is 0. The Kier molecular flexibility index (Phi) is 10.9. The molecule has 0 fully saturated rings. The van der Waals surface area contributed by atoms with Gasteiger partial charge >= 0.3 is 24.7 Å². The predicted octanol–water partition coefficient (Wildman–Crippen LogP) is 3.86. The average molecular weight is 468 g/mol. The van der Waals surface area contributed by atoms with Crippen LogP contribution in [0.1, 0.15) is 0 Å². The molecule has 0 radical (unpaired) electrons. The molecule has 0 saturated heterocycles. The molecular formula is C11H12F12O6. The van der Waals surface area contributed by atoms with Gasteiger partial charge in [-0.3, -0.25) is 0 Å². The van der Waals surface area contributed by atoms with Crippen LogP contribution in [0.4, 0.5) is 52.7 Å². The number of hydrogen-bond donors (Lipinski definition) is 0. The lowest BCUT2D eigenvalue weighted by molar-refractivity contribution is -0.341. The third-order valence-electron chi connectivity index (χ3n) is 2.33. The van der Waals surface area contributed by atoms with E-state index >= 15 is 0 Å². The van der Waals surface area contributed by atoms with E-state index in [2.05, 4.69) is 28.4 Å². The van der Waals surface area contributed by atoms with Gasteiger partial charge in [-0.15, -0.1) is 0 Å². The van der Waals surface area contributed by atoms with Gasteiger partial charge in [0.2, 0.25) is 0 Å². The van der Waals surface area contributed by atoms with Crippen LogP contribution in [0.15, 0.2) is 0 Å². The molecule has 0 aliphatic rings. The van der Waals surface area contributed by atoms with Crippen LogP contribution in [0, 0.1) is 0 Å². The molecule has 0 amide bonds. The Morgan fingerprint density at radius 1 is 0.379 bits per heavy atom. The molecule has 0 atom stereocenters. The van der Waals surface area contributed by atoms with Gasteiger partial charge < -0.3 is 28.4 Å². The highest BCUT2D eigenvalue weighted by molar-refractivity contribution is 4.76. The van der Waals surface area contributed by atoms with Crippen molar-refractivity contribution in [3.05, 3.63) is 0 Å².